The Morgan fingerprint density at radius 1 is 1.04 bits per heavy atom. The maximum absolute atomic E-state index is 11.9. The van der Waals surface area contributed by atoms with Crippen molar-refractivity contribution in [2.75, 3.05) is 25.0 Å². The van der Waals surface area contributed by atoms with E-state index in [1.54, 1.807) is 0 Å². The minimum absolute atomic E-state index is 0.0605. The number of nitrogens with one attached hydrogen (secondary N) is 2. The lowest BCUT2D eigenvalue weighted by molar-refractivity contribution is -0.121. The number of hydrogen-bond acceptors (Lipinski definition) is 3. The van der Waals surface area contributed by atoms with Crippen LogP contribution in [0.3, 0.4) is 0 Å². The molecule has 0 aromatic heterocycles. The van der Waals surface area contributed by atoms with Gasteiger partial charge < -0.3 is 15.4 Å². The number of carbonyl (C=O) groups is 1. The van der Waals surface area contributed by atoms with Gasteiger partial charge in [0.15, 0.2) is 0 Å². The highest BCUT2D eigenvalue weighted by Gasteiger charge is 2.14. The zero-order valence-electron chi connectivity index (χ0n) is 13.8. The van der Waals surface area contributed by atoms with Gasteiger partial charge in [0.25, 0.3) is 0 Å². The number of hydrogen-bond donors (Lipinski definition) is 2. The average molecular weight is 324 g/mol. The Morgan fingerprint density at radius 2 is 1.75 bits per heavy atom. The molecule has 1 amide bonds. The normalized spacial score (nSPS) is 15.2. The molecule has 0 saturated carbocycles. The summed E-state index contributed by atoms with van der Waals surface area (Å²) >= 11 is 0. The fourth-order valence-electron chi connectivity index (χ4n) is 3.03. The van der Waals surface area contributed by atoms with Crippen molar-refractivity contribution >= 4 is 11.6 Å². The predicted molar refractivity (Wildman–Crippen MR) is 96.0 cm³/mol. The average Bonchev–Trinajstić information content (AvgIpc) is 2.64. The molecule has 1 aliphatic rings. The molecule has 1 saturated heterocycles. The fraction of sp³-hybridized carbons (Fsp3) is 0.350. The number of amides is 1. The van der Waals surface area contributed by atoms with Gasteiger partial charge in [-0.05, 0) is 55.1 Å². The van der Waals surface area contributed by atoms with Crippen molar-refractivity contribution in [1.29, 1.82) is 0 Å². The van der Waals surface area contributed by atoms with Crippen LogP contribution in [0.4, 0.5) is 5.69 Å². The van der Waals surface area contributed by atoms with Crippen LogP contribution in [0.15, 0.2) is 54.6 Å². The largest absolute Gasteiger partial charge is 0.367 e. The number of ether oxygens (including phenoxy) is 1. The quantitative estimate of drug-likeness (QED) is 0.857. The minimum atomic E-state index is -0.124. The summed E-state index contributed by atoms with van der Waals surface area (Å²) in [5.74, 6) is 0.505. The van der Waals surface area contributed by atoms with Crippen LogP contribution in [0.2, 0.25) is 0 Å². The molecule has 2 N–H and O–H groups in total. The SMILES string of the molecule is O=C(COCc1ccccc1)Nc1ccc(C2CCNCC2)cc1. The zero-order chi connectivity index (χ0) is 16.6. The van der Waals surface area contributed by atoms with E-state index < -0.39 is 0 Å². The van der Waals surface area contributed by atoms with E-state index in [-0.39, 0.29) is 12.5 Å². The summed E-state index contributed by atoms with van der Waals surface area (Å²) in [4.78, 5) is 11.9. The Kier molecular flexibility index (Phi) is 5.99. The molecule has 3 rings (SSSR count). The molecule has 2 aromatic carbocycles. The van der Waals surface area contributed by atoms with Crippen LogP contribution in [0.1, 0.15) is 29.9 Å². The monoisotopic (exact) mass is 324 g/mol. The minimum Gasteiger partial charge on any atom is -0.367 e. The van der Waals surface area contributed by atoms with Gasteiger partial charge in [0.1, 0.15) is 6.61 Å². The van der Waals surface area contributed by atoms with E-state index in [0.29, 0.717) is 12.5 Å². The number of anilines is 1. The predicted octanol–water partition coefficient (Wildman–Crippen LogP) is 3.31. The summed E-state index contributed by atoms with van der Waals surface area (Å²) in [6.45, 7) is 2.68. The molecule has 0 unspecified atom stereocenters. The van der Waals surface area contributed by atoms with Gasteiger partial charge in [0.05, 0.1) is 6.61 Å². The lowest BCUT2D eigenvalue weighted by Gasteiger charge is -2.23. The van der Waals surface area contributed by atoms with Gasteiger partial charge in [-0.3, -0.25) is 4.79 Å². The molecule has 2 aromatic rings. The van der Waals surface area contributed by atoms with Crippen molar-refractivity contribution in [3.05, 3.63) is 65.7 Å². The summed E-state index contributed by atoms with van der Waals surface area (Å²) in [5.41, 5.74) is 3.24. The molecule has 4 nitrogen and oxygen atoms in total. The highest BCUT2D eigenvalue weighted by molar-refractivity contribution is 5.91. The number of carbonyl (C=O) groups excluding carboxylic acids is 1. The standard InChI is InChI=1S/C20H24N2O2/c23-20(15-24-14-16-4-2-1-3-5-16)22-19-8-6-17(7-9-19)18-10-12-21-13-11-18/h1-9,18,21H,10-15H2,(H,22,23). The second kappa shape index (κ2) is 8.62. The molecular formula is C20H24N2O2. The third-order valence-corrected chi connectivity index (χ3v) is 4.35. The summed E-state index contributed by atoms with van der Waals surface area (Å²) in [6, 6.07) is 18.1. The Bertz CT molecular complexity index is 634. The van der Waals surface area contributed by atoms with Gasteiger partial charge in [-0.2, -0.15) is 0 Å². The van der Waals surface area contributed by atoms with Crippen molar-refractivity contribution in [3.8, 4) is 0 Å². The molecule has 0 radical (unpaired) electrons. The van der Waals surface area contributed by atoms with Crippen LogP contribution in [0, 0.1) is 0 Å². The summed E-state index contributed by atoms with van der Waals surface area (Å²) < 4.78 is 5.45. The first-order valence-electron chi connectivity index (χ1n) is 8.53. The first kappa shape index (κ1) is 16.7. The van der Waals surface area contributed by atoms with E-state index in [4.69, 9.17) is 4.74 Å². The van der Waals surface area contributed by atoms with E-state index >= 15 is 0 Å². The van der Waals surface area contributed by atoms with Crippen LogP contribution < -0.4 is 10.6 Å². The summed E-state index contributed by atoms with van der Waals surface area (Å²) in [5, 5.41) is 6.26. The molecule has 0 atom stereocenters. The molecule has 1 fully saturated rings. The summed E-state index contributed by atoms with van der Waals surface area (Å²) in [7, 11) is 0. The van der Waals surface area contributed by atoms with Crippen molar-refractivity contribution in [1.82, 2.24) is 5.32 Å². The highest BCUT2D eigenvalue weighted by atomic mass is 16.5. The van der Waals surface area contributed by atoms with Crippen LogP contribution in [0.25, 0.3) is 0 Å². The van der Waals surface area contributed by atoms with E-state index in [1.807, 2.05) is 42.5 Å². The van der Waals surface area contributed by atoms with E-state index in [2.05, 4.69) is 22.8 Å². The molecular weight excluding hydrogens is 300 g/mol. The maximum Gasteiger partial charge on any atom is 0.250 e. The molecule has 0 bridgehead atoms. The topological polar surface area (TPSA) is 50.4 Å². The second-order valence-corrected chi connectivity index (χ2v) is 6.17. The Hall–Kier alpha value is -2.17. The molecule has 1 aliphatic heterocycles. The first-order chi connectivity index (χ1) is 11.8. The lowest BCUT2D eigenvalue weighted by atomic mass is 9.90. The van der Waals surface area contributed by atoms with Gasteiger partial charge >= 0.3 is 0 Å². The van der Waals surface area contributed by atoms with E-state index in [0.717, 1.165) is 24.3 Å². The number of rotatable bonds is 6. The molecule has 0 spiro atoms. The molecule has 126 valence electrons. The summed E-state index contributed by atoms with van der Waals surface area (Å²) in [6.07, 6.45) is 2.36. The fourth-order valence-corrected chi connectivity index (χ4v) is 3.03. The second-order valence-electron chi connectivity index (χ2n) is 6.17. The molecule has 0 aliphatic carbocycles. The molecule has 24 heavy (non-hydrogen) atoms. The third kappa shape index (κ3) is 4.91. The van der Waals surface area contributed by atoms with Gasteiger partial charge in [0, 0.05) is 5.69 Å². The van der Waals surface area contributed by atoms with Gasteiger partial charge in [-0.15, -0.1) is 0 Å². The molecule has 1 heterocycles. The lowest BCUT2D eigenvalue weighted by Crippen LogP contribution is -2.26. The van der Waals surface area contributed by atoms with Crippen LogP contribution >= 0.6 is 0 Å². The Labute approximate surface area is 143 Å². The van der Waals surface area contributed by atoms with Crippen molar-refractivity contribution < 1.29 is 9.53 Å². The van der Waals surface area contributed by atoms with Crippen molar-refractivity contribution in [2.24, 2.45) is 0 Å². The van der Waals surface area contributed by atoms with Gasteiger partial charge in [-0.1, -0.05) is 42.5 Å². The number of benzene rings is 2. The van der Waals surface area contributed by atoms with E-state index in [1.165, 1.54) is 18.4 Å². The van der Waals surface area contributed by atoms with Crippen molar-refractivity contribution in [3.63, 3.8) is 0 Å². The van der Waals surface area contributed by atoms with E-state index in [9.17, 15) is 4.79 Å². The highest BCUT2D eigenvalue weighted by Crippen LogP contribution is 2.26. The maximum atomic E-state index is 11.9. The van der Waals surface area contributed by atoms with Crippen LogP contribution in [0.5, 0.6) is 0 Å². The first-order valence-corrected chi connectivity index (χ1v) is 8.53. The smallest absolute Gasteiger partial charge is 0.250 e. The van der Waals surface area contributed by atoms with Crippen LogP contribution in [-0.4, -0.2) is 25.6 Å². The molecule has 4 heteroatoms. The Morgan fingerprint density at radius 3 is 2.46 bits per heavy atom. The van der Waals surface area contributed by atoms with Gasteiger partial charge in [0.2, 0.25) is 5.91 Å². The van der Waals surface area contributed by atoms with Crippen LogP contribution in [-0.2, 0) is 16.1 Å². The third-order valence-electron chi connectivity index (χ3n) is 4.35. The van der Waals surface area contributed by atoms with Gasteiger partial charge in [-0.25, -0.2) is 0 Å². The Balaban J connectivity index is 1.44. The van der Waals surface area contributed by atoms with Crippen molar-refractivity contribution in [2.45, 2.75) is 25.4 Å². The zero-order valence-corrected chi connectivity index (χ0v) is 13.8. The number of piperidine rings is 1.